The molecule has 2 N–H and O–H groups in total. The van der Waals surface area contributed by atoms with E-state index in [1.807, 2.05) is 35.7 Å². The minimum absolute atomic E-state index is 0.0800. The van der Waals surface area contributed by atoms with E-state index in [1.54, 1.807) is 34.1 Å². The number of fused-ring (bicyclic) bond motifs is 1. The molecule has 0 aliphatic heterocycles. The first-order valence-electron chi connectivity index (χ1n) is 9.47. The van der Waals surface area contributed by atoms with Gasteiger partial charge >= 0.3 is 6.03 Å². The molecule has 0 spiro atoms. The third kappa shape index (κ3) is 3.91. The first-order valence-corrected chi connectivity index (χ1v) is 10.7. The number of rotatable bonds is 4. The van der Waals surface area contributed by atoms with Crippen molar-refractivity contribution in [1.82, 2.24) is 19.8 Å². The minimum Gasteiger partial charge on any atom is -0.308 e. The molecule has 3 aromatic heterocycles. The maximum absolute atomic E-state index is 13.9. The van der Waals surface area contributed by atoms with Gasteiger partial charge in [-0.1, -0.05) is 35.9 Å². The maximum atomic E-state index is 13.9. The zero-order valence-electron chi connectivity index (χ0n) is 16.3. The van der Waals surface area contributed by atoms with Gasteiger partial charge in [-0.2, -0.15) is 9.61 Å². The van der Waals surface area contributed by atoms with E-state index in [4.69, 9.17) is 11.6 Å². The number of nitrogens with one attached hydrogen (secondary N) is 2. The number of carbonyl (C=O) groups excluding carboxylic acids is 1. The lowest BCUT2D eigenvalue weighted by atomic mass is 10.1. The third-order valence-electron chi connectivity index (χ3n) is 4.62. The van der Waals surface area contributed by atoms with Crippen molar-refractivity contribution in [1.29, 1.82) is 0 Å². The summed E-state index contributed by atoms with van der Waals surface area (Å²) in [4.78, 5) is 13.3. The monoisotopic (exact) mass is 464 g/mol. The predicted molar refractivity (Wildman–Crippen MR) is 124 cm³/mol. The van der Waals surface area contributed by atoms with Gasteiger partial charge in [0.15, 0.2) is 11.5 Å². The van der Waals surface area contributed by atoms with Gasteiger partial charge in [-0.3, -0.25) is 0 Å². The molecule has 0 radical (unpaired) electrons. The largest absolute Gasteiger partial charge is 0.323 e. The SMILES string of the molecule is O=C(Nc1cccc(-c2ccc3nnc(-c4cccs4)n3n2)c1)Nc1c(F)cccc1Cl. The number of benzene rings is 2. The van der Waals surface area contributed by atoms with Crippen molar-refractivity contribution < 1.29 is 9.18 Å². The molecule has 3 heterocycles. The summed E-state index contributed by atoms with van der Waals surface area (Å²) in [7, 11) is 0. The van der Waals surface area contributed by atoms with Crippen molar-refractivity contribution in [3.05, 3.63) is 82.9 Å². The number of anilines is 2. The van der Waals surface area contributed by atoms with Crippen LogP contribution in [0, 0.1) is 5.82 Å². The lowest BCUT2D eigenvalue weighted by molar-refractivity contribution is 0.262. The zero-order valence-corrected chi connectivity index (χ0v) is 17.9. The van der Waals surface area contributed by atoms with E-state index in [2.05, 4.69) is 25.9 Å². The van der Waals surface area contributed by atoms with Crippen LogP contribution in [0.3, 0.4) is 0 Å². The smallest absolute Gasteiger partial charge is 0.308 e. The quantitative estimate of drug-likeness (QED) is 0.344. The minimum atomic E-state index is -0.616. The molecule has 0 fully saturated rings. The Bertz CT molecular complexity index is 1420. The van der Waals surface area contributed by atoms with Crippen LogP contribution in [0.25, 0.3) is 27.6 Å². The highest BCUT2D eigenvalue weighted by molar-refractivity contribution is 7.13. The predicted octanol–water partition coefficient (Wildman–Crippen LogP) is 5.96. The number of hydrogen-bond acceptors (Lipinski definition) is 5. The summed E-state index contributed by atoms with van der Waals surface area (Å²) in [5.41, 5.74) is 2.52. The molecular weight excluding hydrogens is 451 g/mol. The first-order chi connectivity index (χ1) is 15.6. The Balaban J connectivity index is 1.41. The normalized spacial score (nSPS) is 10.9. The number of para-hydroxylation sites is 1. The molecule has 7 nitrogen and oxygen atoms in total. The van der Waals surface area contributed by atoms with Crippen LogP contribution in [-0.4, -0.2) is 25.8 Å². The average Bonchev–Trinajstić information content (AvgIpc) is 3.46. The Morgan fingerprint density at radius 1 is 1.00 bits per heavy atom. The average molecular weight is 465 g/mol. The Morgan fingerprint density at radius 2 is 1.88 bits per heavy atom. The molecular formula is C22H14ClFN6OS. The van der Waals surface area contributed by atoms with E-state index in [0.717, 1.165) is 10.4 Å². The number of aromatic nitrogens is 4. The van der Waals surface area contributed by atoms with Crippen LogP contribution in [-0.2, 0) is 0 Å². The number of urea groups is 1. The Hall–Kier alpha value is -3.82. The number of amides is 2. The number of thiophene rings is 1. The lowest BCUT2D eigenvalue weighted by Gasteiger charge is -2.11. The van der Waals surface area contributed by atoms with E-state index in [0.29, 0.717) is 22.9 Å². The standard InChI is InChI=1S/C22H14ClFN6OS/c23-15-6-2-7-16(24)20(15)26-22(31)25-14-5-1-4-13(12-14)17-9-10-19-27-28-21(30(19)29-17)18-8-3-11-32-18/h1-12H,(H2,25,26,31). The number of halogens is 2. The molecule has 0 saturated heterocycles. The van der Waals surface area contributed by atoms with Crippen LogP contribution in [0.5, 0.6) is 0 Å². The first kappa shape index (κ1) is 20.1. The highest BCUT2D eigenvalue weighted by atomic mass is 35.5. The molecule has 10 heteroatoms. The molecule has 0 aliphatic rings. The molecule has 0 aliphatic carbocycles. The number of nitrogens with zero attached hydrogens (tertiary/aromatic N) is 4. The summed E-state index contributed by atoms with van der Waals surface area (Å²) in [5, 5.41) is 20.3. The number of hydrogen-bond donors (Lipinski definition) is 2. The van der Waals surface area contributed by atoms with Gasteiger partial charge in [-0.25, -0.2) is 9.18 Å². The molecule has 2 aromatic carbocycles. The Labute approximate surface area is 190 Å². The van der Waals surface area contributed by atoms with Gasteiger partial charge in [-0.05, 0) is 47.8 Å². The summed E-state index contributed by atoms with van der Waals surface area (Å²) in [6, 6.07) is 18.3. The molecule has 158 valence electrons. The fourth-order valence-electron chi connectivity index (χ4n) is 3.15. The second-order valence-electron chi connectivity index (χ2n) is 6.75. The molecule has 0 unspecified atom stereocenters. The summed E-state index contributed by atoms with van der Waals surface area (Å²) >= 11 is 7.52. The van der Waals surface area contributed by atoms with Gasteiger partial charge in [0.1, 0.15) is 5.82 Å². The van der Waals surface area contributed by atoms with Crippen LogP contribution < -0.4 is 10.6 Å². The Kier molecular flexibility index (Phi) is 5.26. The summed E-state index contributed by atoms with van der Waals surface area (Å²) in [6.07, 6.45) is 0. The summed E-state index contributed by atoms with van der Waals surface area (Å²) < 4.78 is 15.6. The molecule has 5 aromatic rings. The second-order valence-corrected chi connectivity index (χ2v) is 8.10. The maximum Gasteiger partial charge on any atom is 0.323 e. The van der Waals surface area contributed by atoms with E-state index in [1.165, 1.54) is 18.2 Å². The van der Waals surface area contributed by atoms with Crippen molar-refractivity contribution in [2.45, 2.75) is 0 Å². The Morgan fingerprint density at radius 3 is 2.69 bits per heavy atom. The van der Waals surface area contributed by atoms with Crippen molar-refractivity contribution in [2.75, 3.05) is 10.6 Å². The number of carbonyl (C=O) groups is 1. The summed E-state index contributed by atoms with van der Waals surface area (Å²) in [6.45, 7) is 0. The molecule has 5 rings (SSSR count). The summed E-state index contributed by atoms with van der Waals surface area (Å²) in [5.74, 6) is 0.0432. The highest BCUT2D eigenvalue weighted by Crippen LogP contribution is 2.27. The molecule has 0 bridgehead atoms. The van der Waals surface area contributed by atoms with Gasteiger partial charge in [0, 0.05) is 11.3 Å². The van der Waals surface area contributed by atoms with Gasteiger partial charge < -0.3 is 10.6 Å². The van der Waals surface area contributed by atoms with Gasteiger partial charge in [0.25, 0.3) is 0 Å². The van der Waals surface area contributed by atoms with Gasteiger partial charge in [0.05, 0.1) is 21.3 Å². The van der Waals surface area contributed by atoms with Crippen molar-refractivity contribution in [3.63, 3.8) is 0 Å². The van der Waals surface area contributed by atoms with Crippen LogP contribution in [0.15, 0.2) is 72.1 Å². The van der Waals surface area contributed by atoms with E-state index in [-0.39, 0.29) is 10.7 Å². The molecule has 2 amide bonds. The zero-order chi connectivity index (χ0) is 22.1. The fourth-order valence-corrected chi connectivity index (χ4v) is 4.06. The molecule has 32 heavy (non-hydrogen) atoms. The lowest BCUT2D eigenvalue weighted by Crippen LogP contribution is -2.20. The van der Waals surface area contributed by atoms with Crippen molar-refractivity contribution in [3.8, 4) is 22.0 Å². The van der Waals surface area contributed by atoms with E-state index < -0.39 is 11.8 Å². The van der Waals surface area contributed by atoms with Crippen molar-refractivity contribution >= 4 is 46.0 Å². The van der Waals surface area contributed by atoms with E-state index >= 15 is 0 Å². The van der Waals surface area contributed by atoms with Crippen LogP contribution >= 0.6 is 22.9 Å². The van der Waals surface area contributed by atoms with Gasteiger partial charge in [0.2, 0.25) is 0 Å². The van der Waals surface area contributed by atoms with Crippen LogP contribution in [0.2, 0.25) is 5.02 Å². The van der Waals surface area contributed by atoms with E-state index in [9.17, 15) is 9.18 Å². The third-order valence-corrected chi connectivity index (χ3v) is 5.80. The van der Waals surface area contributed by atoms with Crippen LogP contribution in [0.1, 0.15) is 0 Å². The topological polar surface area (TPSA) is 84.2 Å². The van der Waals surface area contributed by atoms with Crippen molar-refractivity contribution in [2.24, 2.45) is 0 Å². The highest BCUT2D eigenvalue weighted by Gasteiger charge is 2.13. The fraction of sp³-hybridized carbons (Fsp3) is 0. The molecule has 0 atom stereocenters. The second kappa shape index (κ2) is 8.37. The van der Waals surface area contributed by atoms with Gasteiger partial charge in [-0.15, -0.1) is 21.5 Å². The molecule has 0 saturated carbocycles. The van der Waals surface area contributed by atoms with Crippen LogP contribution in [0.4, 0.5) is 20.6 Å².